The van der Waals surface area contributed by atoms with Gasteiger partial charge >= 0.3 is 0 Å². The molecule has 1 aromatic carbocycles. The Morgan fingerprint density at radius 1 is 1.12 bits per heavy atom. The minimum Gasteiger partial charge on any atom is -0.493 e. The molecule has 130 valence electrons. The summed E-state index contributed by atoms with van der Waals surface area (Å²) < 4.78 is 15.9. The van der Waals surface area contributed by atoms with Gasteiger partial charge in [0.15, 0.2) is 17.3 Å². The molecule has 0 spiro atoms. The molecule has 2 aromatic rings. The van der Waals surface area contributed by atoms with Crippen LogP contribution in [0.1, 0.15) is 31.0 Å². The number of aromatic nitrogens is 2. The molecule has 0 aliphatic carbocycles. The zero-order valence-corrected chi connectivity index (χ0v) is 14.6. The van der Waals surface area contributed by atoms with Gasteiger partial charge in [0.25, 0.3) is 0 Å². The second-order valence-corrected chi connectivity index (χ2v) is 5.62. The molecule has 1 heterocycles. The Balaban J connectivity index is 2.13. The molecule has 7 nitrogen and oxygen atoms in total. The van der Waals surface area contributed by atoms with Crippen LogP contribution in [-0.2, 0) is 11.2 Å². The van der Waals surface area contributed by atoms with Crippen molar-refractivity contribution in [3.05, 3.63) is 29.5 Å². The molecule has 2 N–H and O–H groups in total. The fraction of sp³-hybridized carbons (Fsp3) is 0.412. The van der Waals surface area contributed by atoms with Gasteiger partial charge in [0, 0.05) is 11.8 Å². The zero-order chi connectivity index (χ0) is 17.7. The number of methoxy groups -OCH3 is 3. The van der Waals surface area contributed by atoms with Crippen molar-refractivity contribution < 1.29 is 19.0 Å². The van der Waals surface area contributed by atoms with E-state index >= 15 is 0 Å². The molecule has 0 saturated carbocycles. The minimum absolute atomic E-state index is 0.167. The quantitative estimate of drug-likeness (QED) is 0.814. The van der Waals surface area contributed by atoms with E-state index in [1.165, 1.54) is 21.3 Å². The molecule has 0 fully saturated rings. The fourth-order valence-corrected chi connectivity index (χ4v) is 2.31. The average Bonchev–Trinajstić information content (AvgIpc) is 3.02. The van der Waals surface area contributed by atoms with E-state index in [1.807, 2.05) is 6.07 Å². The highest BCUT2D eigenvalue weighted by Gasteiger charge is 2.15. The molecule has 7 heteroatoms. The van der Waals surface area contributed by atoms with E-state index < -0.39 is 0 Å². The number of carbonyl (C=O) groups excluding carboxylic acids is 1. The maximum Gasteiger partial charge on any atom is 0.229 e. The number of hydrogen-bond donors (Lipinski definition) is 2. The van der Waals surface area contributed by atoms with E-state index in [-0.39, 0.29) is 12.3 Å². The summed E-state index contributed by atoms with van der Waals surface area (Å²) in [5.74, 6) is 2.18. The monoisotopic (exact) mass is 333 g/mol. The number of carbonyl (C=O) groups is 1. The first-order valence-corrected chi connectivity index (χ1v) is 7.62. The largest absolute Gasteiger partial charge is 0.493 e. The van der Waals surface area contributed by atoms with Crippen molar-refractivity contribution in [2.24, 2.45) is 0 Å². The summed E-state index contributed by atoms with van der Waals surface area (Å²) >= 11 is 0. The van der Waals surface area contributed by atoms with Crippen molar-refractivity contribution in [1.82, 2.24) is 10.2 Å². The lowest BCUT2D eigenvalue weighted by molar-refractivity contribution is -0.115. The normalized spacial score (nSPS) is 10.6. The van der Waals surface area contributed by atoms with Crippen molar-refractivity contribution in [2.75, 3.05) is 26.6 Å². The highest BCUT2D eigenvalue weighted by atomic mass is 16.5. The van der Waals surface area contributed by atoms with Crippen molar-refractivity contribution in [2.45, 2.75) is 26.2 Å². The van der Waals surface area contributed by atoms with E-state index in [9.17, 15) is 4.79 Å². The zero-order valence-electron chi connectivity index (χ0n) is 14.6. The second kappa shape index (κ2) is 7.72. The Labute approximate surface area is 141 Å². The predicted octanol–water partition coefficient (Wildman–Crippen LogP) is 2.74. The van der Waals surface area contributed by atoms with Gasteiger partial charge in [-0.15, -0.1) is 0 Å². The summed E-state index contributed by atoms with van der Waals surface area (Å²) in [5.41, 5.74) is 1.72. The van der Waals surface area contributed by atoms with Gasteiger partial charge in [-0.05, 0) is 23.6 Å². The number of aromatic amines is 1. The molecule has 0 atom stereocenters. The number of hydrogen-bond acceptors (Lipinski definition) is 5. The summed E-state index contributed by atoms with van der Waals surface area (Å²) in [5, 5.41) is 9.77. The lowest BCUT2D eigenvalue weighted by Crippen LogP contribution is -2.15. The maximum absolute atomic E-state index is 12.2. The Bertz CT molecular complexity index is 685. The standard InChI is InChI=1S/C17H23N3O4/c1-10(2)12-9-15(20-19-12)18-16(21)8-11-6-13(22-3)17(24-5)14(7-11)23-4/h6-7,9-10H,8H2,1-5H3,(H2,18,19,20,21). The first-order chi connectivity index (χ1) is 11.5. The molecule has 0 aliphatic heterocycles. The van der Waals surface area contributed by atoms with E-state index in [0.29, 0.717) is 29.0 Å². The van der Waals surface area contributed by atoms with Crippen LogP contribution < -0.4 is 19.5 Å². The van der Waals surface area contributed by atoms with Crippen molar-refractivity contribution in [1.29, 1.82) is 0 Å². The third-order valence-electron chi connectivity index (χ3n) is 3.58. The van der Waals surface area contributed by atoms with Gasteiger partial charge in [-0.1, -0.05) is 13.8 Å². The summed E-state index contributed by atoms with van der Waals surface area (Å²) in [4.78, 5) is 12.2. The molecule has 0 bridgehead atoms. The number of benzene rings is 1. The minimum atomic E-state index is -0.175. The summed E-state index contributed by atoms with van der Waals surface area (Å²) in [6, 6.07) is 5.34. The van der Waals surface area contributed by atoms with Gasteiger partial charge in [-0.25, -0.2) is 0 Å². The maximum atomic E-state index is 12.2. The number of anilines is 1. The van der Waals surface area contributed by atoms with Gasteiger partial charge in [0.05, 0.1) is 27.8 Å². The first-order valence-electron chi connectivity index (χ1n) is 7.62. The number of nitrogens with zero attached hydrogens (tertiary/aromatic N) is 1. The Hall–Kier alpha value is -2.70. The number of ether oxygens (including phenoxy) is 3. The molecule has 1 amide bonds. The van der Waals surface area contributed by atoms with Crippen LogP contribution in [0.3, 0.4) is 0 Å². The third-order valence-corrected chi connectivity index (χ3v) is 3.58. The number of rotatable bonds is 7. The molecular formula is C17H23N3O4. The van der Waals surface area contributed by atoms with Gasteiger partial charge in [-0.3, -0.25) is 9.89 Å². The van der Waals surface area contributed by atoms with Crippen LogP contribution in [0.15, 0.2) is 18.2 Å². The van der Waals surface area contributed by atoms with Crippen LogP contribution in [0.25, 0.3) is 0 Å². The summed E-state index contributed by atoms with van der Waals surface area (Å²) in [6.07, 6.45) is 0.167. The van der Waals surface area contributed by atoms with Crippen molar-refractivity contribution in [3.63, 3.8) is 0 Å². The molecule has 1 aromatic heterocycles. The molecule has 24 heavy (non-hydrogen) atoms. The van der Waals surface area contributed by atoms with Crippen LogP contribution in [0.5, 0.6) is 17.2 Å². The van der Waals surface area contributed by atoms with Crippen LogP contribution >= 0.6 is 0 Å². The molecule has 0 unspecified atom stereocenters. The van der Waals surface area contributed by atoms with Gasteiger partial charge in [0.1, 0.15) is 0 Å². The SMILES string of the molecule is COc1cc(CC(=O)Nc2cc(C(C)C)[nH]n2)cc(OC)c1OC. The van der Waals surface area contributed by atoms with E-state index in [0.717, 1.165) is 11.3 Å². The molecule has 0 aliphatic rings. The number of nitrogens with one attached hydrogen (secondary N) is 2. The highest BCUT2D eigenvalue weighted by Crippen LogP contribution is 2.38. The van der Waals surface area contributed by atoms with Gasteiger partial charge < -0.3 is 19.5 Å². The smallest absolute Gasteiger partial charge is 0.229 e. The van der Waals surface area contributed by atoms with E-state index in [2.05, 4.69) is 29.4 Å². The first kappa shape index (κ1) is 17.7. The predicted molar refractivity (Wildman–Crippen MR) is 91.1 cm³/mol. The number of H-pyrrole nitrogens is 1. The van der Waals surface area contributed by atoms with Crippen LogP contribution in [-0.4, -0.2) is 37.4 Å². The summed E-state index contributed by atoms with van der Waals surface area (Å²) in [7, 11) is 4.62. The fourth-order valence-electron chi connectivity index (χ4n) is 2.31. The molecule has 0 radical (unpaired) electrons. The average molecular weight is 333 g/mol. The Morgan fingerprint density at radius 3 is 2.21 bits per heavy atom. The molecular weight excluding hydrogens is 310 g/mol. The molecule has 0 saturated heterocycles. The lowest BCUT2D eigenvalue weighted by Gasteiger charge is -2.13. The van der Waals surface area contributed by atoms with Crippen molar-refractivity contribution in [3.8, 4) is 17.2 Å². The van der Waals surface area contributed by atoms with E-state index in [4.69, 9.17) is 14.2 Å². The van der Waals surface area contributed by atoms with Gasteiger partial charge in [-0.2, -0.15) is 5.10 Å². The van der Waals surface area contributed by atoms with E-state index in [1.54, 1.807) is 12.1 Å². The van der Waals surface area contributed by atoms with Crippen LogP contribution in [0, 0.1) is 0 Å². The van der Waals surface area contributed by atoms with Crippen LogP contribution in [0.4, 0.5) is 5.82 Å². The highest BCUT2D eigenvalue weighted by molar-refractivity contribution is 5.91. The Morgan fingerprint density at radius 2 is 1.75 bits per heavy atom. The van der Waals surface area contributed by atoms with Gasteiger partial charge in [0.2, 0.25) is 11.7 Å². The van der Waals surface area contributed by atoms with Crippen molar-refractivity contribution >= 4 is 11.7 Å². The Kier molecular flexibility index (Phi) is 5.68. The molecule has 2 rings (SSSR count). The number of amides is 1. The topological polar surface area (TPSA) is 85.5 Å². The second-order valence-electron chi connectivity index (χ2n) is 5.62. The lowest BCUT2D eigenvalue weighted by atomic mass is 10.1. The third kappa shape index (κ3) is 3.98. The van der Waals surface area contributed by atoms with Crippen LogP contribution in [0.2, 0.25) is 0 Å². The summed E-state index contributed by atoms with van der Waals surface area (Å²) in [6.45, 7) is 4.10.